The molecule has 3 unspecified atom stereocenters. The summed E-state index contributed by atoms with van der Waals surface area (Å²) in [5.74, 6) is 1.26. The van der Waals surface area contributed by atoms with E-state index in [0.717, 1.165) is 19.3 Å². The third-order valence-electron chi connectivity index (χ3n) is 5.33. The van der Waals surface area contributed by atoms with Gasteiger partial charge >= 0.3 is 5.97 Å². The Morgan fingerprint density at radius 2 is 1.79 bits per heavy atom. The maximum atomic E-state index is 12.3. The number of hydrogen-bond acceptors (Lipinski definition) is 3. The SMILES string of the molecule is COC(=O)C1(NC2CCCCC2)CCC(C)C(C)C1. The van der Waals surface area contributed by atoms with Gasteiger partial charge in [0.25, 0.3) is 0 Å². The monoisotopic (exact) mass is 267 g/mol. The van der Waals surface area contributed by atoms with E-state index in [4.69, 9.17) is 4.74 Å². The molecule has 2 fully saturated rings. The van der Waals surface area contributed by atoms with Crippen LogP contribution in [-0.4, -0.2) is 24.7 Å². The number of hydrogen-bond donors (Lipinski definition) is 1. The molecule has 2 saturated carbocycles. The first-order valence-electron chi connectivity index (χ1n) is 7.93. The molecule has 3 atom stereocenters. The maximum absolute atomic E-state index is 12.3. The van der Waals surface area contributed by atoms with E-state index >= 15 is 0 Å². The number of carbonyl (C=O) groups excluding carboxylic acids is 1. The second-order valence-corrected chi connectivity index (χ2v) is 6.75. The van der Waals surface area contributed by atoms with Crippen LogP contribution in [0.5, 0.6) is 0 Å². The van der Waals surface area contributed by atoms with E-state index in [1.54, 1.807) is 0 Å². The summed E-state index contributed by atoms with van der Waals surface area (Å²) in [6.45, 7) is 4.57. The van der Waals surface area contributed by atoms with Crippen LogP contribution in [0.4, 0.5) is 0 Å². The van der Waals surface area contributed by atoms with Crippen molar-refractivity contribution >= 4 is 5.97 Å². The van der Waals surface area contributed by atoms with Crippen molar-refractivity contribution in [2.24, 2.45) is 11.8 Å². The van der Waals surface area contributed by atoms with Crippen molar-refractivity contribution < 1.29 is 9.53 Å². The summed E-state index contributed by atoms with van der Waals surface area (Å²) < 4.78 is 5.12. The Morgan fingerprint density at radius 1 is 1.11 bits per heavy atom. The van der Waals surface area contributed by atoms with Crippen LogP contribution in [0.1, 0.15) is 65.2 Å². The third kappa shape index (κ3) is 3.31. The van der Waals surface area contributed by atoms with Crippen molar-refractivity contribution in [2.75, 3.05) is 7.11 Å². The van der Waals surface area contributed by atoms with Crippen molar-refractivity contribution in [3.8, 4) is 0 Å². The molecule has 1 N–H and O–H groups in total. The molecule has 0 amide bonds. The van der Waals surface area contributed by atoms with E-state index in [1.165, 1.54) is 39.2 Å². The van der Waals surface area contributed by atoms with Crippen LogP contribution in [0, 0.1) is 11.8 Å². The molecule has 0 saturated heterocycles. The topological polar surface area (TPSA) is 38.3 Å². The molecular formula is C16H29NO2. The van der Waals surface area contributed by atoms with Gasteiger partial charge in [0, 0.05) is 6.04 Å². The first-order chi connectivity index (χ1) is 9.07. The highest BCUT2D eigenvalue weighted by atomic mass is 16.5. The Kier molecular flexibility index (Phi) is 4.88. The number of carbonyl (C=O) groups is 1. The molecule has 110 valence electrons. The Morgan fingerprint density at radius 3 is 2.37 bits per heavy atom. The average Bonchev–Trinajstić information content (AvgIpc) is 2.43. The van der Waals surface area contributed by atoms with Crippen molar-refractivity contribution in [1.82, 2.24) is 5.32 Å². The molecule has 0 heterocycles. The minimum atomic E-state index is -0.414. The normalized spacial score (nSPS) is 37.0. The molecule has 0 aromatic rings. The summed E-state index contributed by atoms with van der Waals surface area (Å²) in [7, 11) is 1.52. The van der Waals surface area contributed by atoms with Gasteiger partial charge in [0.1, 0.15) is 5.54 Å². The smallest absolute Gasteiger partial charge is 0.326 e. The van der Waals surface area contributed by atoms with E-state index in [2.05, 4.69) is 19.2 Å². The quantitative estimate of drug-likeness (QED) is 0.798. The van der Waals surface area contributed by atoms with Crippen LogP contribution >= 0.6 is 0 Å². The zero-order chi connectivity index (χ0) is 13.9. The van der Waals surface area contributed by atoms with E-state index in [0.29, 0.717) is 17.9 Å². The van der Waals surface area contributed by atoms with Crippen LogP contribution in [0.2, 0.25) is 0 Å². The van der Waals surface area contributed by atoms with E-state index in [1.807, 2.05) is 0 Å². The number of nitrogens with one attached hydrogen (secondary N) is 1. The van der Waals surface area contributed by atoms with Gasteiger partial charge in [-0.3, -0.25) is 10.1 Å². The number of esters is 1. The van der Waals surface area contributed by atoms with Gasteiger partial charge in [-0.25, -0.2) is 0 Å². The Bertz CT molecular complexity index is 312. The standard InChI is InChI=1S/C16H29NO2/c1-12-9-10-16(11-13(12)2,15(18)19-3)17-14-7-5-4-6-8-14/h12-14,17H,4-11H2,1-3H3. The van der Waals surface area contributed by atoms with Crippen LogP contribution in [0.3, 0.4) is 0 Å². The first-order valence-corrected chi connectivity index (χ1v) is 7.93. The van der Waals surface area contributed by atoms with Crippen molar-refractivity contribution in [3.05, 3.63) is 0 Å². The molecule has 3 heteroatoms. The van der Waals surface area contributed by atoms with E-state index in [-0.39, 0.29) is 5.97 Å². The zero-order valence-electron chi connectivity index (χ0n) is 12.7. The number of ether oxygens (including phenoxy) is 1. The summed E-state index contributed by atoms with van der Waals surface area (Å²) in [5, 5.41) is 3.70. The Labute approximate surface area is 117 Å². The molecular weight excluding hydrogens is 238 g/mol. The largest absolute Gasteiger partial charge is 0.468 e. The number of rotatable bonds is 3. The predicted octanol–water partition coefficient (Wildman–Crippen LogP) is 3.28. The summed E-state index contributed by atoms with van der Waals surface area (Å²) in [6, 6.07) is 0.508. The molecule has 0 aliphatic heterocycles. The van der Waals surface area contributed by atoms with Gasteiger partial charge in [-0.1, -0.05) is 33.1 Å². The highest BCUT2D eigenvalue weighted by Crippen LogP contribution is 2.38. The maximum Gasteiger partial charge on any atom is 0.326 e. The van der Waals surface area contributed by atoms with Crippen LogP contribution < -0.4 is 5.32 Å². The second kappa shape index (κ2) is 6.25. The molecule has 2 aliphatic carbocycles. The van der Waals surface area contributed by atoms with Crippen molar-refractivity contribution in [2.45, 2.75) is 76.8 Å². The summed E-state index contributed by atoms with van der Waals surface area (Å²) in [6.07, 6.45) is 9.33. The van der Waals surface area contributed by atoms with Crippen molar-refractivity contribution in [3.63, 3.8) is 0 Å². The molecule has 2 rings (SSSR count). The first kappa shape index (κ1) is 14.8. The summed E-state index contributed by atoms with van der Waals surface area (Å²) >= 11 is 0. The Hall–Kier alpha value is -0.570. The third-order valence-corrected chi connectivity index (χ3v) is 5.33. The lowest BCUT2D eigenvalue weighted by Crippen LogP contribution is -2.59. The van der Waals surface area contributed by atoms with Crippen LogP contribution in [-0.2, 0) is 9.53 Å². The fraction of sp³-hybridized carbons (Fsp3) is 0.938. The van der Waals surface area contributed by atoms with Gasteiger partial charge in [0.05, 0.1) is 7.11 Å². The highest BCUT2D eigenvalue weighted by Gasteiger charge is 2.45. The molecule has 2 aliphatic rings. The fourth-order valence-corrected chi connectivity index (χ4v) is 3.82. The highest BCUT2D eigenvalue weighted by molar-refractivity contribution is 5.81. The zero-order valence-corrected chi connectivity index (χ0v) is 12.7. The lowest BCUT2D eigenvalue weighted by molar-refractivity contribution is -0.152. The lowest BCUT2D eigenvalue weighted by Gasteiger charge is -2.44. The van der Waals surface area contributed by atoms with E-state index < -0.39 is 5.54 Å². The fourth-order valence-electron chi connectivity index (χ4n) is 3.82. The summed E-state index contributed by atoms with van der Waals surface area (Å²) in [4.78, 5) is 12.3. The van der Waals surface area contributed by atoms with Gasteiger partial charge < -0.3 is 4.74 Å². The predicted molar refractivity (Wildman–Crippen MR) is 76.9 cm³/mol. The second-order valence-electron chi connectivity index (χ2n) is 6.75. The van der Waals surface area contributed by atoms with Crippen molar-refractivity contribution in [1.29, 1.82) is 0 Å². The van der Waals surface area contributed by atoms with Gasteiger partial charge in [-0.05, 0) is 43.9 Å². The van der Waals surface area contributed by atoms with Crippen LogP contribution in [0.15, 0.2) is 0 Å². The number of methoxy groups -OCH3 is 1. The Balaban J connectivity index is 2.08. The molecule has 0 radical (unpaired) electrons. The minimum Gasteiger partial charge on any atom is -0.468 e. The van der Waals surface area contributed by atoms with Gasteiger partial charge in [-0.15, -0.1) is 0 Å². The van der Waals surface area contributed by atoms with Gasteiger partial charge in [0.15, 0.2) is 0 Å². The lowest BCUT2D eigenvalue weighted by atomic mass is 9.70. The minimum absolute atomic E-state index is 0.0446. The molecule has 19 heavy (non-hydrogen) atoms. The van der Waals surface area contributed by atoms with Gasteiger partial charge in [0.2, 0.25) is 0 Å². The molecule has 0 aromatic heterocycles. The molecule has 3 nitrogen and oxygen atoms in total. The molecule has 0 aromatic carbocycles. The summed E-state index contributed by atoms with van der Waals surface area (Å²) in [5.41, 5.74) is -0.414. The van der Waals surface area contributed by atoms with Gasteiger partial charge in [-0.2, -0.15) is 0 Å². The average molecular weight is 267 g/mol. The van der Waals surface area contributed by atoms with E-state index in [9.17, 15) is 4.79 Å². The van der Waals surface area contributed by atoms with Crippen LogP contribution in [0.25, 0.3) is 0 Å². The molecule has 0 spiro atoms. The molecule has 0 bridgehead atoms.